The van der Waals surface area contributed by atoms with Crippen molar-refractivity contribution in [1.82, 2.24) is 14.8 Å². The van der Waals surface area contributed by atoms with Crippen molar-refractivity contribution in [2.24, 2.45) is 7.05 Å². The molecule has 22 heavy (non-hydrogen) atoms. The lowest BCUT2D eigenvalue weighted by molar-refractivity contribution is 0.284. The number of rotatable bonds is 4. The molecule has 0 bridgehead atoms. The topological polar surface area (TPSA) is 20.2 Å². The second kappa shape index (κ2) is 6.18. The fraction of sp³-hybridized carbons (Fsp3) is 0.412. The molecule has 1 fully saturated rings. The van der Waals surface area contributed by atoms with Crippen LogP contribution in [0.2, 0.25) is 0 Å². The van der Waals surface area contributed by atoms with Crippen LogP contribution >= 0.6 is 0 Å². The van der Waals surface area contributed by atoms with Crippen LogP contribution in [-0.4, -0.2) is 29.1 Å². The third kappa shape index (κ3) is 2.91. The second-order valence-corrected chi connectivity index (χ2v) is 5.99. The van der Waals surface area contributed by atoms with E-state index in [2.05, 4.69) is 20.9 Å². The third-order valence-electron chi connectivity index (χ3n) is 4.53. The summed E-state index contributed by atoms with van der Waals surface area (Å²) in [6, 6.07) is 8.61. The summed E-state index contributed by atoms with van der Waals surface area (Å²) >= 11 is 0. The van der Waals surface area contributed by atoms with Crippen LogP contribution in [0.15, 0.2) is 36.5 Å². The van der Waals surface area contributed by atoms with Crippen molar-refractivity contribution in [2.45, 2.75) is 25.0 Å². The second-order valence-electron chi connectivity index (χ2n) is 5.99. The van der Waals surface area contributed by atoms with Gasteiger partial charge >= 0.3 is 0 Å². The van der Waals surface area contributed by atoms with E-state index in [0.29, 0.717) is 0 Å². The van der Waals surface area contributed by atoms with Crippen LogP contribution in [0, 0.1) is 11.6 Å². The number of hydrogen-bond donors (Lipinski definition) is 1. The smallest absolute Gasteiger partial charge is 0.159 e. The van der Waals surface area contributed by atoms with Gasteiger partial charge in [0.25, 0.3) is 0 Å². The highest BCUT2D eigenvalue weighted by atomic mass is 19.2. The molecule has 2 atom stereocenters. The van der Waals surface area contributed by atoms with Crippen LogP contribution < -0.4 is 5.32 Å². The minimum absolute atomic E-state index is 0.0652. The van der Waals surface area contributed by atoms with Crippen LogP contribution in [0.3, 0.4) is 0 Å². The quantitative estimate of drug-likeness (QED) is 0.937. The highest BCUT2D eigenvalue weighted by Crippen LogP contribution is 2.31. The standard InChI is InChI=1S/C17H21F2N3/c1-21-8-3-4-13(21)11-20-16-7-9-22(2)17(16)12-5-6-14(18)15(19)10-12/h3-6,8,10,16-17,20H,7,9,11H2,1-2H3. The van der Waals surface area contributed by atoms with Crippen LogP contribution in [0.5, 0.6) is 0 Å². The van der Waals surface area contributed by atoms with Gasteiger partial charge in [0.15, 0.2) is 11.6 Å². The summed E-state index contributed by atoms with van der Waals surface area (Å²) in [5.41, 5.74) is 2.03. The van der Waals surface area contributed by atoms with Crippen molar-refractivity contribution in [3.05, 3.63) is 59.4 Å². The molecule has 1 aromatic carbocycles. The number of halogens is 2. The van der Waals surface area contributed by atoms with Gasteiger partial charge in [0, 0.05) is 44.1 Å². The molecule has 3 rings (SSSR count). The first-order valence-corrected chi connectivity index (χ1v) is 7.55. The molecule has 1 aliphatic heterocycles. The first kappa shape index (κ1) is 15.2. The maximum Gasteiger partial charge on any atom is 0.159 e. The predicted octanol–water partition coefficient (Wildman–Crippen LogP) is 2.84. The fourth-order valence-corrected chi connectivity index (χ4v) is 3.26. The van der Waals surface area contributed by atoms with Crippen LogP contribution in [-0.2, 0) is 13.6 Å². The van der Waals surface area contributed by atoms with Crippen molar-refractivity contribution in [2.75, 3.05) is 13.6 Å². The number of aryl methyl sites for hydroxylation is 1. The third-order valence-corrected chi connectivity index (χ3v) is 4.53. The van der Waals surface area contributed by atoms with E-state index in [0.717, 1.165) is 25.1 Å². The Morgan fingerprint density at radius 3 is 2.68 bits per heavy atom. The normalized spacial score (nSPS) is 22.4. The molecule has 0 radical (unpaired) electrons. The summed E-state index contributed by atoms with van der Waals surface area (Å²) in [4.78, 5) is 2.19. The molecule has 0 amide bonds. The van der Waals surface area contributed by atoms with Gasteiger partial charge < -0.3 is 9.88 Å². The molecule has 1 N–H and O–H groups in total. The van der Waals surface area contributed by atoms with Crippen LogP contribution in [0.4, 0.5) is 8.78 Å². The molecular formula is C17H21F2N3. The van der Waals surface area contributed by atoms with Gasteiger partial charge in [0.2, 0.25) is 0 Å². The number of benzene rings is 1. The SMILES string of the molecule is CN1CCC(NCc2cccn2C)C1c1ccc(F)c(F)c1. The van der Waals surface area contributed by atoms with E-state index in [9.17, 15) is 8.78 Å². The van der Waals surface area contributed by atoms with E-state index in [1.807, 2.05) is 26.4 Å². The number of aromatic nitrogens is 1. The number of likely N-dealkylation sites (tertiary alicyclic amines) is 1. The Kier molecular flexibility index (Phi) is 4.27. The Bertz CT molecular complexity index is 653. The van der Waals surface area contributed by atoms with Crippen molar-refractivity contribution < 1.29 is 8.78 Å². The van der Waals surface area contributed by atoms with E-state index < -0.39 is 11.6 Å². The first-order valence-electron chi connectivity index (χ1n) is 7.55. The Labute approximate surface area is 129 Å². The van der Waals surface area contributed by atoms with E-state index >= 15 is 0 Å². The minimum atomic E-state index is -0.794. The zero-order valence-corrected chi connectivity index (χ0v) is 12.9. The fourth-order valence-electron chi connectivity index (χ4n) is 3.26. The Morgan fingerprint density at radius 1 is 1.18 bits per heavy atom. The highest BCUT2D eigenvalue weighted by Gasteiger charge is 2.33. The number of likely N-dealkylation sites (N-methyl/N-ethyl adjacent to an activating group) is 1. The maximum atomic E-state index is 13.5. The van der Waals surface area contributed by atoms with E-state index in [4.69, 9.17) is 0 Å². The van der Waals surface area contributed by atoms with Crippen molar-refractivity contribution in [3.63, 3.8) is 0 Å². The average molecular weight is 305 g/mol. The molecule has 1 aromatic heterocycles. The van der Waals surface area contributed by atoms with Gasteiger partial charge in [0.05, 0.1) is 0 Å². The summed E-state index contributed by atoms with van der Waals surface area (Å²) in [6.45, 7) is 1.71. The lowest BCUT2D eigenvalue weighted by Gasteiger charge is -2.26. The monoisotopic (exact) mass is 305 g/mol. The summed E-state index contributed by atoms with van der Waals surface area (Å²) < 4.78 is 28.8. The average Bonchev–Trinajstić information content (AvgIpc) is 3.06. The van der Waals surface area contributed by atoms with E-state index in [1.54, 1.807) is 6.07 Å². The zero-order chi connectivity index (χ0) is 15.7. The Morgan fingerprint density at radius 2 is 2.00 bits per heavy atom. The molecule has 2 unspecified atom stereocenters. The van der Waals surface area contributed by atoms with Crippen molar-refractivity contribution >= 4 is 0 Å². The molecule has 5 heteroatoms. The molecule has 2 heterocycles. The van der Waals surface area contributed by atoms with Gasteiger partial charge in [0.1, 0.15) is 0 Å². The minimum Gasteiger partial charge on any atom is -0.353 e. The molecule has 118 valence electrons. The largest absolute Gasteiger partial charge is 0.353 e. The molecule has 2 aromatic rings. The molecule has 3 nitrogen and oxygen atoms in total. The molecule has 0 saturated carbocycles. The predicted molar refractivity (Wildman–Crippen MR) is 82.4 cm³/mol. The molecule has 1 aliphatic rings. The molecule has 0 spiro atoms. The molecule has 0 aliphatic carbocycles. The summed E-state index contributed by atoms with van der Waals surface area (Å²) in [6.07, 6.45) is 3.01. The van der Waals surface area contributed by atoms with Gasteiger partial charge in [-0.05, 0) is 43.3 Å². The van der Waals surface area contributed by atoms with Crippen molar-refractivity contribution in [3.8, 4) is 0 Å². The van der Waals surface area contributed by atoms with Crippen LogP contribution in [0.25, 0.3) is 0 Å². The van der Waals surface area contributed by atoms with Gasteiger partial charge in [-0.15, -0.1) is 0 Å². The Balaban J connectivity index is 1.75. The van der Waals surface area contributed by atoms with Crippen LogP contribution in [0.1, 0.15) is 23.7 Å². The van der Waals surface area contributed by atoms with Gasteiger partial charge in [-0.1, -0.05) is 6.07 Å². The maximum absolute atomic E-state index is 13.5. The summed E-state index contributed by atoms with van der Waals surface area (Å²) in [7, 11) is 4.04. The Hall–Kier alpha value is -1.72. The highest BCUT2D eigenvalue weighted by molar-refractivity contribution is 5.24. The number of hydrogen-bond acceptors (Lipinski definition) is 2. The first-order chi connectivity index (χ1) is 10.6. The van der Waals surface area contributed by atoms with Gasteiger partial charge in [-0.2, -0.15) is 0 Å². The molecular weight excluding hydrogens is 284 g/mol. The van der Waals surface area contributed by atoms with E-state index in [1.165, 1.54) is 17.8 Å². The van der Waals surface area contributed by atoms with E-state index in [-0.39, 0.29) is 12.1 Å². The molecule has 1 saturated heterocycles. The lowest BCUT2D eigenvalue weighted by Crippen LogP contribution is -2.35. The van der Waals surface area contributed by atoms with Gasteiger partial charge in [-0.3, -0.25) is 4.90 Å². The van der Waals surface area contributed by atoms with Gasteiger partial charge in [-0.25, -0.2) is 8.78 Å². The summed E-state index contributed by atoms with van der Waals surface area (Å²) in [5, 5.41) is 3.56. The summed E-state index contributed by atoms with van der Waals surface area (Å²) in [5.74, 6) is -1.57. The number of nitrogens with one attached hydrogen (secondary N) is 1. The van der Waals surface area contributed by atoms with Crippen molar-refractivity contribution in [1.29, 1.82) is 0 Å². The lowest BCUT2D eigenvalue weighted by atomic mass is 10.00. The number of nitrogens with zero attached hydrogens (tertiary/aromatic N) is 2. The zero-order valence-electron chi connectivity index (χ0n) is 12.9.